The van der Waals surface area contributed by atoms with Crippen molar-refractivity contribution in [3.63, 3.8) is 0 Å². The standard InChI is InChI=1S/C12H10N6O3/c1-17-12(14-15-16-17)21-10-9(11(19)20)7-13-18(10)8-5-3-2-4-6-8/h2-7H,1H3,(H,19,20). The zero-order valence-electron chi connectivity index (χ0n) is 10.9. The number of aromatic nitrogens is 6. The highest BCUT2D eigenvalue weighted by Crippen LogP contribution is 2.26. The maximum atomic E-state index is 11.3. The third-order valence-corrected chi connectivity index (χ3v) is 2.73. The molecule has 0 amide bonds. The molecule has 0 atom stereocenters. The van der Waals surface area contributed by atoms with Crippen molar-refractivity contribution in [2.24, 2.45) is 7.05 Å². The molecular formula is C12H10N6O3. The van der Waals surface area contributed by atoms with Crippen molar-refractivity contribution in [1.29, 1.82) is 0 Å². The first-order valence-corrected chi connectivity index (χ1v) is 5.94. The van der Waals surface area contributed by atoms with E-state index in [0.717, 1.165) is 0 Å². The van der Waals surface area contributed by atoms with E-state index in [1.165, 1.54) is 15.6 Å². The average Bonchev–Trinajstić information content (AvgIpc) is 3.07. The van der Waals surface area contributed by atoms with Gasteiger partial charge < -0.3 is 9.84 Å². The number of ether oxygens (including phenoxy) is 1. The second-order valence-corrected chi connectivity index (χ2v) is 4.10. The number of tetrazole rings is 1. The molecule has 0 aliphatic rings. The number of carboxylic acid groups (broad SMARTS) is 1. The average molecular weight is 286 g/mol. The summed E-state index contributed by atoms with van der Waals surface area (Å²) in [6, 6.07) is 9.09. The van der Waals surface area contributed by atoms with Gasteiger partial charge in [0.15, 0.2) is 0 Å². The Balaban J connectivity index is 2.10. The second kappa shape index (κ2) is 5.04. The predicted molar refractivity (Wildman–Crippen MR) is 69.4 cm³/mol. The lowest BCUT2D eigenvalue weighted by Crippen LogP contribution is -2.05. The van der Waals surface area contributed by atoms with Crippen LogP contribution in [0.25, 0.3) is 5.69 Å². The van der Waals surface area contributed by atoms with Crippen molar-refractivity contribution in [3.05, 3.63) is 42.1 Å². The van der Waals surface area contributed by atoms with Gasteiger partial charge >= 0.3 is 12.0 Å². The number of aryl methyl sites for hydroxylation is 1. The minimum atomic E-state index is -1.15. The Morgan fingerprint density at radius 3 is 2.67 bits per heavy atom. The van der Waals surface area contributed by atoms with Crippen molar-refractivity contribution in [2.45, 2.75) is 0 Å². The Labute approximate surface area is 118 Å². The van der Waals surface area contributed by atoms with Crippen LogP contribution in [-0.4, -0.2) is 41.1 Å². The Kier molecular flexibility index (Phi) is 3.07. The number of carbonyl (C=O) groups is 1. The molecule has 1 N–H and O–H groups in total. The minimum absolute atomic E-state index is 0.0339. The van der Waals surface area contributed by atoms with Crippen LogP contribution in [0.3, 0.4) is 0 Å². The fourth-order valence-electron chi connectivity index (χ4n) is 1.73. The van der Waals surface area contributed by atoms with Crippen LogP contribution in [0.1, 0.15) is 10.4 Å². The number of aromatic carboxylic acids is 1. The Morgan fingerprint density at radius 2 is 2.05 bits per heavy atom. The van der Waals surface area contributed by atoms with Gasteiger partial charge in [-0.3, -0.25) is 0 Å². The monoisotopic (exact) mass is 286 g/mol. The number of para-hydroxylation sites is 1. The highest BCUT2D eigenvalue weighted by Gasteiger charge is 2.21. The maximum Gasteiger partial charge on any atom is 0.342 e. The number of hydrogen-bond donors (Lipinski definition) is 1. The van der Waals surface area contributed by atoms with Crippen molar-refractivity contribution >= 4 is 5.97 Å². The first kappa shape index (κ1) is 12.8. The zero-order valence-corrected chi connectivity index (χ0v) is 10.9. The second-order valence-electron chi connectivity index (χ2n) is 4.10. The van der Waals surface area contributed by atoms with E-state index in [2.05, 4.69) is 20.6 Å². The van der Waals surface area contributed by atoms with E-state index in [9.17, 15) is 9.90 Å². The number of rotatable bonds is 4. The Hall–Kier alpha value is -3.23. The third kappa shape index (κ3) is 2.31. The maximum absolute atomic E-state index is 11.3. The molecule has 106 valence electrons. The molecule has 3 aromatic rings. The molecule has 2 aromatic heterocycles. The van der Waals surface area contributed by atoms with Crippen LogP contribution < -0.4 is 4.74 Å². The molecule has 2 heterocycles. The molecule has 0 saturated carbocycles. The van der Waals surface area contributed by atoms with Crippen LogP contribution in [0.15, 0.2) is 36.5 Å². The third-order valence-electron chi connectivity index (χ3n) is 2.73. The summed E-state index contributed by atoms with van der Waals surface area (Å²) in [6.45, 7) is 0. The lowest BCUT2D eigenvalue weighted by Gasteiger charge is -2.08. The van der Waals surface area contributed by atoms with Crippen molar-refractivity contribution < 1.29 is 14.6 Å². The summed E-state index contributed by atoms with van der Waals surface area (Å²) in [6.07, 6.45) is 1.22. The van der Waals surface area contributed by atoms with Crippen LogP contribution in [0.4, 0.5) is 0 Å². The van der Waals surface area contributed by atoms with Gasteiger partial charge in [0.1, 0.15) is 5.56 Å². The normalized spacial score (nSPS) is 10.5. The fraction of sp³-hybridized carbons (Fsp3) is 0.0833. The molecule has 0 spiro atoms. The van der Waals surface area contributed by atoms with Gasteiger partial charge in [0, 0.05) is 7.05 Å². The molecule has 0 aliphatic carbocycles. The molecule has 0 bridgehead atoms. The van der Waals surface area contributed by atoms with Gasteiger partial charge in [-0.2, -0.15) is 14.5 Å². The fourth-order valence-corrected chi connectivity index (χ4v) is 1.73. The van der Waals surface area contributed by atoms with E-state index in [-0.39, 0.29) is 17.5 Å². The largest absolute Gasteiger partial charge is 0.477 e. The first-order chi connectivity index (χ1) is 10.2. The minimum Gasteiger partial charge on any atom is -0.477 e. The van der Waals surface area contributed by atoms with Crippen molar-refractivity contribution in [2.75, 3.05) is 0 Å². The van der Waals surface area contributed by atoms with Crippen LogP contribution >= 0.6 is 0 Å². The number of carboxylic acids is 1. The van der Waals surface area contributed by atoms with E-state index in [0.29, 0.717) is 5.69 Å². The smallest absolute Gasteiger partial charge is 0.342 e. The van der Waals surface area contributed by atoms with E-state index in [4.69, 9.17) is 4.74 Å². The Morgan fingerprint density at radius 1 is 1.29 bits per heavy atom. The summed E-state index contributed by atoms with van der Waals surface area (Å²) >= 11 is 0. The summed E-state index contributed by atoms with van der Waals surface area (Å²) in [5, 5.41) is 24.0. The number of benzene rings is 1. The number of nitrogens with zero attached hydrogens (tertiary/aromatic N) is 6. The van der Waals surface area contributed by atoms with E-state index < -0.39 is 5.97 Å². The molecule has 9 heteroatoms. The molecule has 21 heavy (non-hydrogen) atoms. The van der Waals surface area contributed by atoms with Crippen molar-refractivity contribution in [1.82, 2.24) is 30.0 Å². The first-order valence-electron chi connectivity index (χ1n) is 5.94. The molecule has 9 nitrogen and oxygen atoms in total. The Bertz CT molecular complexity index is 779. The molecule has 0 aliphatic heterocycles. The van der Waals surface area contributed by atoms with E-state index in [1.54, 1.807) is 19.2 Å². The van der Waals surface area contributed by atoms with Gasteiger partial charge in [0.25, 0.3) is 0 Å². The lowest BCUT2D eigenvalue weighted by molar-refractivity contribution is 0.0693. The van der Waals surface area contributed by atoms with Gasteiger partial charge in [-0.15, -0.1) is 0 Å². The zero-order chi connectivity index (χ0) is 14.8. The lowest BCUT2D eigenvalue weighted by atomic mass is 10.3. The van der Waals surface area contributed by atoms with E-state index >= 15 is 0 Å². The van der Waals surface area contributed by atoms with Gasteiger partial charge in [-0.05, 0) is 22.6 Å². The van der Waals surface area contributed by atoms with Crippen molar-refractivity contribution in [3.8, 4) is 17.6 Å². The topological polar surface area (TPSA) is 108 Å². The summed E-state index contributed by atoms with van der Waals surface area (Å²) in [5.74, 6) is -1.12. The van der Waals surface area contributed by atoms with Crippen LogP contribution in [0, 0.1) is 0 Å². The quantitative estimate of drug-likeness (QED) is 0.758. The van der Waals surface area contributed by atoms with Gasteiger partial charge in [-0.1, -0.05) is 23.3 Å². The molecule has 0 fully saturated rings. The van der Waals surface area contributed by atoms with Crippen LogP contribution in [-0.2, 0) is 7.05 Å². The van der Waals surface area contributed by atoms with Crippen LogP contribution in [0.5, 0.6) is 11.9 Å². The van der Waals surface area contributed by atoms with Gasteiger partial charge in [-0.25, -0.2) is 4.79 Å². The number of hydrogen-bond acceptors (Lipinski definition) is 6. The van der Waals surface area contributed by atoms with Gasteiger partial charge in [0.05, 0.1) is 11.9 Å². The highest BCUT2D eigenvalue weighted by molar-refractivity contribution is 5.90. The van der Waals surface area contributed by atoms with Crippen LogP contribution in [0.2, 0.25) is 0 Å². The molecule has 0 radical (unpaired) electrons. The molecule has 0 saturated heterocycles. The summed E-state index contributed by atoms with van der Waals surface area (Å²) < 4.78 is 8.17. The molecular weight excluding hydrogens is 276 g/mol. The molecule has 0 unspecified atom stereocenters. The van der Waals surface area contributed by atoms with E-state index in [1.807, 2.05) is 18.2 Å². The summed E-state index contributed by atoms with van der Waals surface area (Å²) in [5.41, 5.74) is 0.581. The summed E-state index contributed by atoms with van der Waals surface area (Å²) in [7, 11) is 1.58. The highest BCUT2D eigenvalue weighted by atomic mass is 16.5. The van der Waals surface area contributed by atoms with Gasteiger partial charge in [0.2, 0.25) is 5.88 Å². The molecule has 1 aromatic carbocycles. The SMILES string of the molecule is Cn1nnnc1Oc1c(C(=O)O)cnn1-c1ccccc1. The summed E-state index contributed by atoms with van der Waals surface area (Å²) in [4.78, 5) is 11.3. The predicted octanol–water partition coefficient (Wildman–Crippen LogP) is 0.886. The molecule has 3 rings (SSSR count).